The molecule has 0 aliphatic heterocycles. The summed E-state index contributed by atoms with van der Waals surface area (Å²) in [6.45, 7) is 4.60. The second-order valence-corrected chi connectivity index (χ2v) is 4.53. The molecule has 0 N–H and O–H groups in total. The molecule has 2 heterocycles. The van der Waals surface area contributed by atoms with E-state index in [9.17, 15) is 0 Å². The van der Waals surface area contributed by atoms with Crippen molar-refractivity contribution in [2.45, 2.75) is 26.6 Å². The Kier molecular flexibility index (Phi) is 3.07. The van der Waals surface area contributed by atoms with Crippen LogP contribution >= 0.6 is 15.9 Å². The highest BCUT2D eigenvalue weighted by Crippen LogP contribution is 2.17. The Bertz CT molecular complexity index is 465. The molecule has 0 amide bonds. The normalized spacial score (nSPS) is 11.5. The fourth-order valence-corrected chi connectivity index (χ4v) is 1.80. The third kappa shape index (κ3) is 2.38. The maximum Gasteiger partial charge on any atom is 0.151 e. The second-order valence-electron chi connectivity index (χ2n) is 3.68. The maximum absolute atomic E-state index is 5.51. The molecule has 2 rings (SSSR count). The van der Waals surface area contributed by atoms with Crippen LogP contribution in [-0.2, 0) is 11.3 Å². The van der Waals surface area contributed by atoms with E-state index in [0.29, 0.717) is 6.61 Å². The molecule has 0 radical (unpaired) electrons. The number of rotatable bonds is 3. The SMILES string of the molecule is CC(C)OCc1cn2cccc(Br)c2n1. The zero-order valence-corrected chi connectivity index (χ0v) is 10.4. The molecule has 0 unspecified atom stereocenters. The van der Waals surface area contributed by atoms with Crippen LogP contribution in [0, 0.1) is 0 Å². The van der Waals surface area contributed by atoms with Gasteiger partial charge in [0.25, 0.3) is 0 Å². The van der Waals surface area contributed by atoms with Crippen molar-refractivity contribution in [1.82, 2.24) is 9.38 Å². The topological polar surface area (TPSA) is 26.5 Å². The molecule has 15 heavy (non-hydrogen) atoms. The first-order valence-corrected chi connectivity index (χ1v) is 5.70. The molecule has 0 aliphatic rings. The number of halogens is 1. The summed E-state index contributed by atoms with van der Waals surface area (Å²) in [6.07, 6.45) is 4.20. The fraction of sp³-hybridized carbons (Fsp3) is 0.364. The first-order valence-electron chi connectivity index (χ1n) is 4.90. The fourth-order valence-electron chi connectivity index (χ4n) is 1.35. The zero-order valence-electron chi connectivity index (χ0n) is 8.77. The minimum absolute atomic E-state index is 0.234. The summed E-state index contributed by atoms with van der Waals surface area (Å²) in [6, 6.07) is 3.96. The van der Waals surface area contributed by atoms with Crippen LogP contribution in [0.25, 0.3) is 5.65 Å². The quantitative estimate of drug-likeness (QED) is 0.856. The second kappa shape index (κ2) is 4.33. The summed E-state index contributed by atoms with van der Waals surface area (Å²) < 4.78 is 8.50. The number of hydrogen-bond donors (Lipinski definition) is 0. The Balaban J connectivity index is 2.27. The Hall–Kier alpha value is -0.870. The predicted molar refractivity (Wildman–Crippen MR) is 62.8 cm³/mol. The molecule has 0 saturated carbocycles. The van der Waals surface area contributed by atoms with Crippen LogP contribution in [-0.4, -0.2) is 15.5 Å². The van der Waals surface area contributed by atoms with Crippen molar-refractivity contribution in [2.24, 2.45) is 0 Å². The molecule has 0 spiro atoms. The molecule has 0 aromatic carbocycles. The number of nitrogens with zero attached hydrogens (tertiary/aromatic N) is 2. The van der Waals surface area contributed by atoms with E-state index >= 15 is 0 Å². The lowest BCUT2D eigenvalue weighted by Crippen LogP contribution is -2.02. The molecule has 2 aromatic heterocycles. The number of fused-ring (bicyclic) bond motifs is 1. The van der Waals surface area contributed by atoms with E-state index in [0.717, 1.165) is 15.8 Å². The van der Waals surface area contributed by atoms with Crippen molar-refractivity contribution in [1.29, 1.82) is 0 Å². The van der Waals surface area contributed by atoms with Gasteiger partial charge in [-0.1, -0.05) is 0 Å². The average Bonchev–Trinajstić information content (AvgIpc) is 2.59. The summed E-state index contributed by atoms with van der Waals surface area (Å²) in [4.78, 5) is 4.48. The molecule has 0 bridgehead atoms. The van der Waals surface area contributed by atoms with Crippen LogP contribution in [0.4, 0.5) is 0 Å². The molecule has 2 aromatic rings. The average molecular weight is 269 g/mol. The highest BCUT2D eigenvalue weighted by molar-refractivity contribution is 9.10. The molecule has 80 valence electrons. The maximum atomic E-state index is 5.51. The molecule has 0 fully saturated rings. The summed E-state index contributed by atoms with van der Waals surface area (Å²) in [5, 5.41) is 0. The van der Waals surface area contributed by atoms with E-state index in [-0.39, 0.29) is 6.10 Å². The van der Waals surface area contributed by atoms with Crippen molar-refractivity contribution in [3.63, 3.8) is 0 Å². The molecule has 0 saturated heterocycles. The van der Waals surface area contributed by atoms with Gasteiger partial charge in [-0.2, -0.15) is 0 Å². The summed E-state index contributed by atoms with van der Waals surface area (Å²) in [7, 11) is 0. The van der Waals surface area contributed by atoms with Crippen LogP contribution in [0.5, 0.6) is 0 Å². The first-order chi connectivity index (χ1) is 7.16. The number of aromatic nitrogens is 2. The molecular weight excluding hydrogens is 256 g/mol. The van der Waals surface area contributed by atoms with E-state index in [1.54, 1.807) is 0 Å². The predicted octanol–water partition coefficient (Wildman–Crippen LogP) is 3.02. The number of pyridine rings is 1. The summed E-state index contributed by atoms with van der Waals surface area (Å²) in [5.41, 5.74) is 1.88. The Labute approximate surface area is 97.2 Å². The van der Waals surface area contributed by atoms with Gasteiger partial charge < -0.3 is 9.14 Å². The highest BCUT2D eigenvalue weighted by atomic mass is 79.9. The van der Waals surface area contributed by atoms with Gasteiger partial charge in [0, 0.05) is 12.4 Å². The van der Waals surface area contributed by atoms with E-state index in [2.05, 4.69) is 20.9 Å². The molecule has 0 atom stereocenters. The molecule has 0 aliphatic carbocycles. The van der Waals surface area contributed by atoms with Crippen LogP contribution < -0.4 is 0 Å². The zero-order chi connectivity index (χ0) is 10.8. The smallest absolute Gasteiger partial charge is 0.151 e. The first kappa shape index (κ1) is 10.6. The molecular formula is C11H13BrN2O. The summed E-state index contributed by atoms with van der Waals surface area (Å²) >= 11 is 3.47. The Morgan fingerprint density at radius 3 is 3.00 bits per heavy atom. The van der Waals surface area contributed by atoms with Crippen molar-refractivity contribution < 1.29 is 4.74 Å². The third-order valence-electron chi connectivity index (χ3n) is 2.05. The van der Waals surface area contributed by atoms with Crippen molar-refractivity contribution in [3.05, 3.63) is 34.7 Å². The van der Waals surface area contributed by atoms with Crippen molar-refractivity contribution in [3.8, 4) is 0 Å². The number of imidazole rings is 1. The van der Waals surface area contributed by atoms with Crippen molar-refractivity contribution in [2.75, 3.05) is 0 Å². The Morgan fingerprint density at radius 1 is 1.53 bits per heavy atom. The Morgan fingerprint density at radius 2 is 2.33 bits per heavy atom. The van der Waals surface area contributed by atoms with Gasteiger partial charge >= 0.3 is 0 Å². The molecule has 4 heteroatoms. The van der Waals surface area contributed by atoms with Crippen LogP contribution in [0.2, 0.25) is 0 Å². The van der Waals surface area contributed by atoms with E-state index in [4.69, 9.17) is 4.74 Å². The van der Waals surface area contributed by atoms with Gasteiger partial charge in [-0.3, -0.25) is 0 Å². The highest BCUT2D eigenvalue weighted by Gasteiger charge is 2.04. The van der Waals surface area contributed by atoms with Gasteiger partial charge in [0.05, 0.1) is 22.9 Å². The van der Waals surface area contributed by atoms with Crippen molar-refractivity contribution >= 4 is 21.6 Å². The number of hydrogen-bond acceptors (Lipinski definition) is 2. The van der Waals surface area contributed by atoms with Crippen LogP contribution in [0.15, 0.2) is 29.0 Å². The van der Waals surface area contributed by atoms with Crippen LogP contribution in [0.1, 0.15) is 19.5 Å². The van der Waals surface area contributed by atoms with E-state index < -0.39 is 0 Å². The van der Waals surface area contributed by atoms with Gasteiger partial charge in [0.2, 0.25) is 0 Å². The largest absolute Gasteiger partial charge is 0.372 e. The lowest BCUT2D eigenvalue weighted by molar-refractivity contribution is 0.0638. The monoisotopic (exact) mass is 268 g/mol. The number of ether oxygens (including phenoxy) is 1. The van der Waals surface area contributed by atoms with Crippen LogP contribution in [0.3, 0.4) is 0 Å². The lowest BCUT2D eigenvalue weighted by atomic mass is 10.4. The van der Waals surface area contributed by atoms with Gasteiger partial charge in [0.15, 0.2) is 5.65 Å². The van der Waals surface area contributed by atoms with E-state index in [1.165, 1.54) is 0 Å². The van der Waals surface area contributed by atoms with Gasteiger partial charge in [0.1, 0.15) is 0 Å². The van der Waals surface area contributed by atoms with Gasteiger partial charge in [-0.15, -0.1) is 0 Å². The molecule has 3 nitrogen and oxygen atoms in total. The lowest BCUT2D eigenvalue weighted by Gasteiger charge is -2.03. The van der Waals surface area contributed by atoms with E-state index in [1.807, 2.05) is 42.8 Å². The minimum Gasteiger partial charge on any atom is -0.372 e. The standard InChI is InChI=1S/C11H13BrN2O/c1-8(2)15-7-9-6-14-5-3-4-10(12)11(14)13-9/h3-6,8H,7H2,1-2H3. The van der Waals surface area contributed by atoms with Gasteiger partial charge in [-0.05, 0) is 41.9 Å². The third-order valence-corrected chi connectivity index (χ3v) is 2.67. The minimum atomic E-state index is 0.234. The van der Waals surface area contributed by atoms with Gasteiger partial charge in [-0.25, -0.2) is 4.98 Å². The summed E-state index contributed by atoms with van der Waals surface area (Å²) in [5.74, 6) is 0.